The van der Waals surface area contributed by atoms with Gasteiger partial charge in [0, 0.05) is 26.7 Å². The van der Waals surface area contributed by atoms with E-state index in [1.165, 1.54) is 11.3 Å². The van der Waals surface area contributed by atoms with Gasteiger partial charge in [0.25, 0.3) is 0 Å². The van der Waals surface area contributed by atoms with Gasteiger partial charge in [0.2, 0.25) is 0 Å². The van der Waals surface area contributed by atoms with Gasteiger partial charge in [0.05, 0.1) is 24.5 Å². The summed E-state index contributed by atoms with van der Waals surface area (Å²) in [7, 11) is 1.73. The molecule has 19 heavy (non-hydrogen) atoms. The van der Waals surface area contributed by atoms with Crippen LogP contribution < -0.4 is 0 Å². The lowest BCUT2D eigenvalue weighted by atomic mass is 10.2. The molecule has 0 unspecified atom stereocenters. The second-order valence-corrected chi connectivity index (χ2v) is 5.75. The summed E-state index contributed by atoms with van der Waals surface area (Å²) in [4.78, 5) is 7.07. The highest BCUT2D eigenvalue weighted by molar-refractivity contribution is 7.07. The lowest BCUT2D eigenvalue weighted by Crippen LogP contribution is -2.37. The van der Waals surface area contributed by atoms with Crippen molar-refractivity contribution >= 4 is 11.3 Å². The number of hydrogen-bond acceptors (Lipinski definition) is 4. The van der Waals surface area contributed by atoms with E-state index >= 15 is 0 Å². The number of imidazole rings is 1. The van der Waals surface area contributed by atoms with Crippen LogP contribution in [0.15, 0.2) is 23.0 Å². The predicted molar refractivity (Wildman–Crippen MR) is 76.1 cm³/mol. The van der Waals surface area contributed by atoms with Crippen molar-refractivity contribution in [1.82, 2.24) is 14.5 Å². The highest BCUT2D eigenvalue weighted by Crippen LogP contribution is 2.27. The van der Waals surface area contributed by atoms with Gasteiger partial charge in [-0.05, 0) is 29.3 Å². The molecule has 0 amide bonds. The SMILES string of the molecule is COCc1cnc2n1CCN(Cc1ccsc1)[C@@H]2C. The predicted octanol–water partition coefficient (Wildman–Crippen LogP) is 2.67. The lowest BCUT2D eigenvalue weighted by molar-refractivity contribution is 0.144. The van der Waals surface area contributed by atoms with E-state index in [1.54, 1.807) is 18.4 Å². The third-order valence-corrected chi connectivity index (χ3v) is 4.49. The van der Waals surface area contributed by atoms with Crippen LogP contribution in [0, 0.1) is 0 Å². The van der Waals surface area contributed by atoms with Gasteiger partial charge in [0.15, 0.2) is 0 Å². The summed E-state index contributed by atoms with van der Waals surface area (Å²) in [6.45, 7) is 5.96. The molecule has 0 bridgehead atoms. The van der Waals surface area contributed by atoms with Crippen LogP contribution in [0.1, 0.15) is 30.0 Å². The molecule has 0 spiro atoms. The molecule has 0 saturated carbocycles. The van der Waals surface area contributed by atoms with E-state index in [4.69, 9.17) is 4.74 Å². The van der Waals surface area contributed by atoms with Crippen LogP contribution in [0.2, 0.25) is 0 Å². The monoisotopic (exact) mass is 277 g/mol. The van der Waals surface area contributed by atoms with Gasteiger partial charge < -0.3 is 9.30 Å². The molecule has 5 heteroatoms. The summed E-state index contributed by atoms with van der Waals surface area (Å²) in [5.74, 6) is 1.16. The Morgan fingerprint density at radius 1 is 1.47 bits per heavy atom. The molecular weight excluding hydrogens is 258 g/mol. The molecule has 1 aliphatic heterocycles. The standard InChI is InChI=1S/C14H19N3OS/c1-11-14-15-7-13(9-18-2)17(14)5-4-16(11)8-12-3-6-19-10-12/h3,6-7,10-11H,4-5,8-9H2,1-2H3/t11-/m1/s1. The van der Waals surface area contributed by atoms with Crippen molar-refractivity contribution in [2.24, 2.45) is 0 Å². The minimum Gasteiger partial charge on any atom is -0.378 e. The van der Waals surface area contributed by atoms with Gasteiger partial charge in [-0.15, -0.1) is 0 Å². The Morgan fingerprint density at radius 2 is 2.37 bits per heavy atom. The first-order chi connectivity index (χ1) is 9.29. The van der Waals surface area contributed by atoms with E-state index in [-0.39, 0.29) is 0 Å². The van der Waals surface area contributed by atoms with Crippen LogP contribution in [0.5, 0.6) is 0 Å². The maximum Gasteiger partial charge on any atom is 0.126 e. The van der Waals surface area contributed by atoms with E-state index in [2.05, 4.69) is 38.2 Å². The summed E-state index contributed by atoms with van der Waals surface area (Å²) in [5.41, 5.74) is 2.58. The van der Waals surface area contributed by atoms with Crippen molar-refractivity contribution in [2.45, 2.75) is 32.7 Å². The van der Waals surface area contributed by atoms with Crippen LogP contribution in [-0.4, -0.2) is 28.1 Å². The summed E-state index contributed by atoms with van der Waals surface area (Å²) in [6.07, 6.45) is 1.95. The van der Waals surface area contributed by atoms with Crippen LogP contribution in [0.4, 0.5) is 0 Å². The molecule has 0 N–H and O–H groups in total. The third-order valence-electron chi connectivity index (χ3n) is 3.76. The molecule has 0 aliphatic carbocycles. The number of nitrogens with zero attached hydrogens (tertiary/aromatic N) is 3. The molecular formula is C14H19N3OS. The smallest absolute Gasteiger partial charge is 0.126 e. The summed E-state index contributed by atoms with van der Waals surface area (Å²) < 4.78 is 7.53. The summed E-state index contributed by atoms with van der Waals surface area (Å²) >= 11 is 1.76. The average Bonchev–Trinajstić information content (AvgIpc) is 3.04. The number of rotatable bonds is 4. The fourth-order valence-electron chi connectivity index (χ4n) is 2.70. The zero-order chi connectivity index (χ0) is 13.2. The Balaban J connectivity index is 1.78. The molecule has 1 aliphatic rings. The van der Waals surface area contributed by atoms with Crippen molar-refractivity contribution in [1.29, 1.82) is 0 Å². The van der Waals surface area contributed by atoms with E-state index in [0.717, 1.165) is 25.5 Å². The van der Waals surface area contributed by atoms with E-state index in [1.807, 2.05) is 6.20 Å². The first kappa shape index (κ1) is 12.8. The van der Waals surface area contributed by atoms with Crippen molar-refractivity contribution in [2.75, 3.05) is 13.7 Å². The molecule has 0 saturated heterocycles. The fourth-order valence-corrected chi connectivity index (χ4v) is 3.36. The zero-order valence-corrected chi connectivity index (χ0v) is 12.2. The van der Waals surface area contributed by atoms with Crippen LogP contribution in [0.3, 0.4) is 0 Å². The third kappa shape index (κ3) is 2.45. The van der Waals surface area contributed by atoms with Gasteiger partial charge in [-0.1, -0.05) is 0 Å². The molecule has 3 heterocycles. The number of thiophene rings is 1. The Morgan fingerprint density at radius 3 is 3.11 bits per heavy atom. The Labute approximate surface area is 117 Å². The first-order valence-corrected chi connectivity index (χ1v) is 7.52. The van der Waals surface area contributed by atoms with Crippen LogP contribution in [0.25, 0.3) is 0 Å². The van der Waals surface area contributed by atoms with E-state index < -0.39 is 0 Å². The normalized spacial score (nSPS) is 19.6. The van der Waals surface area contributed by atoms with Crippen LogP contribution >= 0.6 is 11.3 Å². The van der Waals surface area contributed by atoms with Gasteiger partial charge in [0.1, 0.15) is 5.82 Å². The number of ether oxygens (including phenoxy) is 1. The molecule has 4 nitrogen and oxygen atoms in total. The number of hydrogen-bond donors (Lipinski definition) is 0. The molecule has 2 aromatic rings. The quantitative estimate of drug-likeness (QED) is 0.860. The van der Waals surface area contributed by atoms with Gasteiger partial charge >= 0.3 is 0 Å². The molecule has 0 radical (unpaired) electrons. The van der Waals surface area contributed by atoms with Gasteiger partial charge in [-0.25, -0.2) is 4.98 Å². The lowest BCUT2D eigenvalue weighted by Gasteiger charge is -2.34. The van der Waals surface area contributed by atoms with Crippen molar-refractivity contribution < 1.29 is 4.74 Å². The average molecular weight is 277 g/mol. The minimum absolute atomic E-state index is 0.360. The number of fused-ring (bicyclic) bond motifs is 1. The van der Waals surface area contributed by atoms with E-state index in [0.29, 0.717) is 12.6 Å². The maximum atomic E-state index is 5.23. The second-order valence-electron chi connectivity index (χ2n) is 4.97. The van der Waals surface area contributed by atoms with E-state index in [9.17, 15) is 0 Å². The molecule has 102 valence electrons. The molecule has 2 aromatic heterocycles. The number of aromatic nitrogens is 2. The highest BCUT2D eigenvalue weighted by Gasteiger charge is 2.26. The first-order valence-electron chi connectivity index (χ1n) is 6.58. The molecule has 1 atom stereocenters. The maximum absolute atomic E-state index is 5.23. The van der Waals surface area contributed by atoms with Gasteiger partial charge in [-0.2, -0.15) is 11.3 Å². The highest BCUT2D eigenvalue weighted by atomic mass is 32.1. The van der Waals surface area contributed by atoms with Crippen molar-refractivity contribution in [3.8, 4) is 0 Å². The summed E-state index contributed by atoms with van der Waals surface area (Å²) in [5, 5.41) is 4.37. The zero-order valence-electron chi connectivity index (χ0n) is 11.4. The Hall–Kier alpha value is -1.17. The molecule has 0 fully saturated rings. The van der Waals surface area contributed by atoms with Crippen molar-refractivity contribution in [3.63, 3.8) is 0 Å². The fraction of sp³-hybridized carbons (Fsp3) is 0.500. The number of methoxy groups -OCH3 is 1. The Kier molecular flexibility index (Phi) is 3.68. The van der Waals surface area contributed by atoms with Crippen LogP contribution in [-0.2, 0) is 24.4 Å². The van der Waals surface area contributed by atoms with Gasteiger partial charge in [-0.3, -0.25) is 4.90 Å². The topological polar surface area (TPSA) is 30.3 Å². The molecule has 3 rings (SSSR count). The minimum atomic E-state index is 0.360. The summed E-state index contributed by atoms with van der Waals surface area (Å²) in [6, 6.07) is 2.56. The second kappa shape index (κ2) is 5.45. The largest absolute Gasteiger partial charge is 0.378 e. The Bertz CT molecular complexity index is 535. The van der Waals surface area contributed by atoms with Crippen molar-refractivity contribution in [3.05, 3.63) is 40.1 Å². The molecule has 0 aromatic carbocycles.